The van der Waals surface area contributed by atoms with Crippen LogP contribution in [0.1, 0.15) is 20.7 Å². The van der Waals surface area contributed by atoms with Crippen LogP contribution in [0.15, 0.2) is 71.2 Å². The van der Waals surface area contributed by atoms with E-state index in [1.54, 1.807) is 0 Å². The number of anilines is 1. The summed E-state index contributed by atoms with van der Waals surface area (Å²) in [7, 11) is 7.65. The third kappa shape index (κ3) is 5.19. The summed E-state index contributed by atoms with van der Waals surface area (Å²) in [5, 5.41) is 16.6. The third-order valence-electron chi connectivity index (χ3n) is 7.01. The number of carboxylic acids is 1. The molecule has 208 valence electrons. The summed E-state index contributed by atoms with van der Waals surface area (Å²) in [6.07, 6.45) is 2.36. The lowest BCUT2D eigenvalue weighted by Crippen LogP contribution is -2.38. The normalized spacial score (nSPS) is 12.8. The minimum Gasteiger partial charge on any atom is -0.545 e. The monoisotopic (exact) mass is 552 g/mol. The van der Waals surface area contributed by atoms with E-state index in [1.807, 2.05) is 74.1 Å². The van der Waals surface area contributed by atoms with Crippen LogP contribution >= 0.6 is 0 Å². The molecule has 1 aliphatic carbocycles. The van der Waals surface area contributed by atoms with Crippen LogP contribution in [-0.2, 0) is 9.59 Å². The van der Waals surface area contributed by atoms with Crippen molar-refractivity contribution < 1.29 is 28.7 Å². The molecule has 5 rings (SSSR count). The first kappa shape index (κ1) is 27.3. The highest BCUT2D eigenvalue weighted by Crippen LogP contribution is 2.42. The van der Waals surface area contributed by atoms with E-state index in [0.29, 0.717) is 33.4 Å². The van der Waals surface area contributed by atoms with E-state index in [4.69, 9.17) is 4.42 Å². The number of hydrogen-bond acceptors (Lipinski definition) is 7. The second-order valence-corrected chi connectivity index (χ2v) is 10.1. The van der Waals surface area contributed by atoms with Crippen LogP contribution in [0.4, 0.5) is 5.69 Å². The largest absolute Gasteiger partial charge is 0.545 e. The van der Waals surface area contributed by atoms with E-state index in [2.05, 4.69) is 5.32 Å². The molecular formula is C31H28N4O6. The number of aromatic carboxylic acids is 1. The Labute approximate surface area is 235 Å². The average Bonchev–Trinajstić information content (AvgIpc) is 3.27. The van der Waals surface area contributed by atoms with E-state index in [1.165, 1.54) is 30.4 Å². The molecule has 0 fully saturated rings. The number of fused-ring (bicyclic) bond motifs is 2. The van der Waals surface area contributed by atoms with Gasteiger partial charge in [0.15, 0.2) is 0 Å². The molecule has 3 amide bonds. The zero-order valence-corrected chi connectivity index (χ0v) is 23.1. The highest BCUT2D eigenvalue weighted by atomic mass is 16.4. The van der Waals surface area contributed by atoms with E-state index in [-0.39, 0.29) is 24.2 Å². The lowest BCUT2D eigenvalue weighted by molar-refractivity contribution is -0.254. The minimum atomic E-state index is -1.39. The predicted octanol–water partition coefficient (Wildman–Crippen LogP) is 1.32. The van der Waals surface area contributed by atoms with Gasteiger partial charge in [0.25, 0.3) is 17.7 Å². The molecule has 2 aromatic carbocycles. The first-order chi connectivity index (χ1) is 19.5. The molecule has 0 saturated heterocycles. The van der Waals surface area contributed by atoms with Crippen molar-refractivity contribution in [1.82, 2.24) is 14.8 Å². The summed E-state index contributed by atoms with van der Waals surface area (Å²) in [5.41, 5.74) is 3.12. The molecule has 3 aliphatic rings. The fraction of sp³-hybridized carbons (Fsp3) is 0.194. The minimum absolute atomic E-state index is 0.0122. The SMILES string of the molecule is CN(C)c1ccc2c(-c3cc(C(=O)NCCN4C(=O)C=CC4=O)ccc3C(=O)[O-])c3ccc(=[N+](C)C)cc-3oc2c1. The fourth-order valence-corrected chi connectivity index (χ4v) is 4.82. The Kier molecular flexibility index (Phi) is 7.15. The van der Waals surface area contributed by atoms with Crippen LogP contribution in [0.2, 0.25) is 0 Å². The van der Waals surface area contributed by atoms with Crippen molar-refractivity contribution >= 4 is 40.3 Å². The molecule has 41 heavy (non-hydrogen) atoms. The van der Waals surface area contributed by atoms with E-state index >= 15 is 0 Å². The molecule has 1 N–H and O–H groups in total. The van der Waals surface area contributed by atoms with Gasteiger partial charge in [-0.3, -0.25) is 19.3 Å². The number of nitrogens with one attached hydrogen (secondary N) is 1. The van der Waals surface area contributed by atoms with Gasteiger partial charge in [0.1, 0.15) is 25.4 Å². The van der Waals surface area contributed by atoms with E-state index < -0.39 is 23.7 Å². The van der Waals surface area contributed by atoms with Crippen molar-refractivity contribution in [3.8, 4) is 22.5 Å². The highest BCUT2D eigenvalue weighted by molar-refractivity contribution is 6.13. The Bertz CT molecular complexity index is 1800. The number of rotatable bonds is 7. The van der Waals surface area contributed by atoms with Gasteiger partial charge in [-0.2, -0.15) is 0 Å². The standard InChI is InChI=1S/C31H28N4O6/c1-33(2)19-6-9-22-25(16-19)41-26-17-20(34(3)4)7-10-23(26)29(22)24-15-18(5-8-21(24)31(39)40)30(38)32-13-14-35-27(36)11-12-28(35)37/h5-12,15-17H,13-14H2,1-4H3,(H-,32,38,39,40). The van der Waals surface area contributed by atoms with Gasteiger partial charge in [0.05, 0.1) is 12.0 Å². The number of carbonyl (C=O) groups excluding carboxylic acids is 4. The van der Waals surface area contributed by atoms with Crippen LogP contribution in [0.3, 0.4) is 0 Å². The maximum Gasteiger partial charge on any atom is 0.253 e. The van der Waals surface area contributed by atoms with Crippen LogP contribution in [0.25, 0.3) is 33.4 Å². The van der Waals surface area contributed by atoms with Gasteiger partial charge < -0.3 is 24.5 Å². The average molecular weight is 553 g/mol. The van der Waals surface area contributed by atoms with Crippen LogP contribution < -0.4 is 25.3 Å². The van der Waals surface area contributed by atoms with Gasteiger partial charge in [-0.1, -0.05) is 6.07 Å². The molecular weight excluding hydrogens is 524 g/mol. The smallest absolute Gasteiger partial charge is 0.253 e. The Morgan fingerprint density at radius 3 is 2.34 bits per heavy atom. The Balaban J connectivity index is 1.64. The lowest BCUT2D eigenvalue weighted by atomic mass is 9.89. The quantitative estimate of drug-likeness (QED) is 0.208. The molecule has 0 radical (unpaired) electrons. The highest BCUT2D eigenvalue weighted by Gasteiger charge is 2.24. The topological polar surface area (TPSA) is 126 Å². The molecule has 2 aliphatic heterocycles. The summed E-state index contributed by atoms with van der Waals surface area (Å²) in [6.45, 7) is 0.0462. The molecule has 2 heterocycles. The summed E-state index contributed by atoms with van der Waals surface area (Å²) < 4.78 is 8.26. The summed E-state index contributed by atoms with van der Waals surface area (Å²) in [4.78, 5) is 52.0. The lowest BCUT2D eigenvalue weighted by Gasteiger charge is -2.20. The van der Waals surface area contributed by atoms with Gasteiger partial charge in [0.2, 0.25) is 5.36 Å². The predicted molar refractivity (Wildman–Crippen MR) is 152 cm³/mol. The van der Waals surface area contributed by atoms with Crippen molar-refractivity contribution in [3.05, 3.63) is 83.2 Å². The van der Waals surface area contributed by atoms with E-state index in [9.17, 15) is 24.3 Å². The van der Waals surface area contributed by atoms with Crippen molar-refractivity contribution in [2.45, 2.75) is 0 Å². The van der Waals surface area contributed by atoms with Crippen molar-refractivity contribution in [2.75, 3.05) is 46.2 Å². The second kappa shape index (κ2) is 10.7. The molecule has 0 bridgehead atoms. The Morgan fingerprint density at radius 1 is 0.951 bits per heavy atom. The van der Waals surface area contributed by atoms with Crippen molar-refractivity contribution in [3.63, 3.8) is 0 Å². The Hall–Kier alpha value is -5.25. The zero-order valence-electron chi connectivity index (χ0n) is 23.1. The fourth-order valence-electron chi connectivity index (χ4n) is 4.82. The zero-order chi connectivity index (χ0) is 29.4. The molecule has 0 saturated carbocycles. The number of imide groups is 1. The van der Waals surface area contributed by atoms with E-state index in [0.717, 1.165) is 15.9 Å². The third-order valence-corrected chi connectivity index (χ3v) is 7.01. The summed E-state index contributed by atoms with van der Waals surface area (Å²) >= 11 is 0. The number of amides is 3. The maximum atomic E-state index is 13.1. The molecule has 0 aromatic heterocycles. The number of benzene rings is 3. The molecule has 0 atom stereocenters. The van der Waals surface area contributed by atoms with Crippen molar-refractivity contribution in [1.29, 1.82) is 0 Å². The molecule has 10 heteroatoms. The number of carbonyl (C=O) groups is 4. The van der Waals surface area contributed by atoms with Crippen LogP contribution in [0.5, 0.6) is 0 Å². The Morgan fingerprint density at radius 2 is 1.68 bits per heavy atom. The first-order valence-corrected chi connectivity index (χ1v) is 12.9. The maximum absolute atomic E-state index is 13.1. The molecule has 0 spiro atoms. The summed E-state index contributed by atoms with van der Waals surface area (Å²) in [6, 6.07) is 15.6. The molecule has 2 aromatic rings. The van der Waals surface area contributed by atoms with Crippen LogP contribution in [-0.4, -0.2) is 69.9 Å². The van der Waals surface area contributed by atoms with Gasteiger partial charge in [0, 0.05) is 84.8 Å². The number of carboxylic acid groups (broad SMARTS) is 1. The summed E-state index contributed by atoms with van der Waals surface area (Å²) in [5.74, 6) is -2.20. The number of hydrogen-bond donors (Lipinski definition) is 1. The van der Waals surface area contributed by atoms with Crippen molar-refractivity contribution in [2.24, 2.45) is 0 Å². The van der Waals surface area contributed by atoms with Gasteiger partial charge in [-0.25, -0.2) is 4.58 Å². The number of nitrogens with zero attached hydrogens (tertiary/aromatic N) is 3. The van der Waals surface area contributed by atoms with Gasteiger partial charge in [-0.15, -0.1) is 0 Å². The molecule has 10 nitrogen and oxygen atoms in total. The first-order valence-electron chi connectivity index (χ1n) is 12.9. The van der Waals surface area contributed by atoms with Gasteiger partial charge in [-0.05, 0) is 35.9 Å². The second-order valence-electron chi connectivity index (χ2n) is 10.1. The van der Waals surface area contributed by atoms with Crippen LogP contribution in [0, 0.1) is 0 Å². The van der Waals surface area contributed by atoms with Gasteiger partial charge >= 0.3 is 0 Å². The molecule has 0 unspecified atom stereocenters.